The molecule has 0 amide bonds. The predicted molar refractivity (Wildman–Crippen MR) is 95.4 cm³/mol. The number of aromatic nitrogens is 3. The van der Waals surface area contributed by atoms with Crippen LogP contribution in [0.3, 0.4) is 0 Å². The first-order chi connectivity index (χ1) is 10.7. The maximum absolute atomic E-state index is 4.69. The van der Waals surface area contributed by atoms with E-state index in [9.17, 15) is 0 Å². The van der Waals surface area contributed by atoms with Gasteiger partial charge in [-0.05, 0) is 59.0 Å². The standard InChI is InChI=1S/C17H25N5.ClH/c1-13-16(12-21(3)15-7-10-18-11-8-15)14(2)22(20-13)17-6-4-5-9-19-17;/h4-6,9,15,18H,7-8,10-12H2,1-3H3;1H. The molecular formula is C17H26ClN5. The van der Waals surface area contributed by atoms with Crippen molar-refractivity contribution in [2.75, 3.05) is 20.1 Å². The zero-order chi connectivity index (χ0) is 15.5. The van der Waals surface area contributed by atoms with E-state index >= 15 is 0 Å². The largest absolute Gasteiger partial charge is 0.317 e. The van der Waals surface area contributed by atoms with Crippen molar-refractivity contribution in [3.05, 3.63) is 41.3 Å². The van der Waals surface area contributed by atoms with Gasteiger partial charge in [-0.1, -0.05) is 6.07 Å². The highest BCUT2D eigenvalue weighted by atomic mass is 35.5. The number of hydrogen-bond acceptors (Lipinski definition) is 4. The van der Waals surface area contributed by atoms with Crippen LogP contribution in [0.15, 0.2) is 24.4 Å². The molecule has 1 N–H and O–H groups in total. The summed E-state index contributed by atoms with van der Waals surface area (Å²) in [5.41, 5.74) is 3.62. The summed E-state index contributed by atoms with van der Waals surface area (Å²) in [5.74, 6) is 0.888. The van der Waals surface area contributed by atoms with Crippen LogP contribution in [0.25, 0.3) is 5.82 Å². The quantitative estimate of drug-likeness (QED) is 0.932. The maximum atomic E-state index is 4.69. The van der Waals surface area contributed by atoms with Crippen molar-refractivity contribution in [2.45, 2.75) is 39.3 Å². The molecule has 0 bridgehead atoms. The molecule has 1 aliphatic rings. The lowest BCUT2D eigenvalue weighted by Gasteiger charge is -2.31. The van der Waals surface area contributed by atoms with Crippen molar-refractivity contribution in [2.24, 2.45) is 0 Å². The zero-order valence-corrected chi connectivity index (χ0v) is 14.9. The molecule has 126 valence electrons. The molecular weight excluding hydrogens is 310 g/mol. The smallest absolute Gasteiger partial charge is 0.153 e. The number of nitrogens with zero attached hydrogens (tertiary/aromatic N) is 4. The van der Waals surface area contributed by atoms with E-state index in [1.165, 1.54) is 24.1 Å². The molecule has 0 aromatic carbocycles. The van der Waals surface area contributed by atoms with Crippen molar-refractivity contribution in [3.8, 4) is 5.82 Å². The maximum Gasteiger partial charge on any atom is 0.153 e. The molecule has 5 nitrogen and oxygen atoms in total. The second-order valence-electron chi connectivity index (χ2n) is 6.15. The van der Waals surface area contributed by atoms with Gasteiger partial charge in [-0.3, -0.25) is 4.90 Å². The Morgan fingerprint density at radius 1 is 1.26 bits per heavy atom. The normalized spacial score (nSPS) is 15.7. The summed E-state index contributed by atoms with van der Waals surface area (Å²) in [6.07, 6.45) is 4.26. The Morgan fingerprint density at radius 2 is 2.00 bits per heavy atom. The van der Waals surface area contributed by atoms with Crippen LogP contribution in [0.5, 0.6) is 0 Å². The average Bonchev–Trinajstić information content (AvgIpc) is 2.84. The Balaban J connectivity index is 0.00000192. The van der Waals surface area contributed by atoms with Crippen molar-refractivity contribution in [3.63, 3.8) is 0 Å². The van der Waals surface area contributed by atoms with E-state index in [4.69, 9.17) is 5.10 Å². The van der Waals surface area contributed by atoms with Gasteiger partial charge in [-0.15, -0.1) is 12.4 Å². The van der Waals surface area contributed by atoms with Crippen LogP contribution in [0, 0.1) is 13.8 Å². The van der Waals surface area contributed by atoms with Gasteiger partial charge in [0.25, 0.3) is 0 Å². The molecule has 2 aromatic heterocycles. The number of aryl methyl sites for hydroxylation is 1. The van der Waals surface area contributed by atoms with Gasteiger partial charge in [-0.2, -0.15) is 5.10 Å². The second-order valence-corrected chi connectivity index (χ2v) is 6.15. The number of halogens is 1. The topological polar surface area (TPSA) is 46.0 Å². The molecule has 3 heterocycles. The molecule has 0 spiro atoms. The third-order valence-electron chi connectivity index (χ3n) is 4.65. The van der Waals surface area contributed by atoms with Crippen LogP contribution >= 0.6 is 12.4 Å². The van der Waals surface area contributed by atoms with Gasteiger partial charge < -0.3 is 5.32 Å². The molecule has 1 aliphatic heterocycles. The van der Waals surface area contributed by atoms with Gasteiger partial charge in [0.15, 0.2) is 5.82 Å². The van der Waals surface area contributed by atoms with Crippen LogP contribution in [-0.4, -0.2) is 45.8 Å². The SMILES string of the molecule is Cc1nn(-c2ccccn2)c(C)c1CN(C)C1CCNCC1.Cl. The van der Waals surface area contributed by atoms with Gasteiger partial charge in [0.2, 0.25) is 0 Å². The minimum absolute atomic E-state index is 0. The van der Waals surface area contributed by atoms with E-state index in [1.807, 2.05) is 29.1 Å². The molecule has 1 saturated heterocycles. The first-order valence-corrected chi connectivity index (χ1v) is 8.04. The van der Waals surface area contributed by atoms with Crippen LogP contribution in [0.1, 0.15) is 29.8 Å². The lowest BCUT2D eigenvalue weighted by atomic mass is 10.0. The first-order valence-electron chi connectivity index (χ1n) is 8.04. The summed E-state index contributed by atoms with van der Waals surface area (Å²) in [6.45, 7) is 7.44. The first kappa shape index (κ1) is 17.9. The Morgan fingerprint density at radius 3 is 2.65 bits per heavy atom. The molecule has 2 aromatic rings. The molecule has 0 saturated carbocycles. The van der Waals surface area contributed by atoms with Gasteiger partial charge in [0.1, 0.15) is 0 Å². The monoisotopic (exact) mass is 335 g/mol. The highest BCUT2D eigenvalue weighted by molar-refractivity contribution is 5.85. The number of hydrogen-bond donors (Lipinski definition) is 1. The summed E-state index contributed by atoms with van der Waals surface area (Å²) in [7, 11) is 2.23. The highest BCUT2D eigenvalue weighted by Gasteiger charge is 2.21. The second kappa shape index (κ2) is 7.90. The predicted octanol–water partition coefficient (Wildman–Crippen LogP) is 2.49. The van der Waals surface area contributed by atoms with Crippen LogP contribution in [-0.2, 0) is 6.54 Å². The lowest BCUT2D eigenvalue weighted by molar-refractivity contribution is 0.191. The molecule has 0 atom stereocenters. The van der Waals surface area contributed by atoms with Gasteiger partial charge >= 0.3 is 0 Å². The summed E-state index contributed by atoms with van der Waals surface area (Å²) in [6, 6.07) is 6.60. The van der Waals surface area contributed by atoms with E-state index in [0.717, 1.165) is 31.1 Å². The Labute approximate surface area is 144 Å². The molecule has 1 fully saturated rings. The minimum Gasteiger partial charge on any atom is -0.317 e. The van der Waals surface area contributed by atoms with Crippen LogP contribution in [0.4, 0.5) is 0 Å². The molecule has 0 radical (unpaired) electrons. The van der Waals surface area contributed by atoms with E-state index < -0.39 is 0 Å². The van der Waals surface area contributed by atoms with E-state index in [1.54, 1.807) is 0 Å². The van der Waals surface area contributed by atoms with E-state index in [0.29, 0.717) is 6.04 Å². The Bertz CT molecular complexity index is 619. The Hall–Kier alpha value is -1.43. The third-order valence-corrected chi connectivity index (χ3v) is 4.65. The summed E-state index contributed by atoms with van der Waals surface area (Å²) in [4.78, 5) is 6.88. The van der Waals surface area contributed by atoms with E-state index in [2.05, 4.69) is 36.1 Å². The van der Waals surface area contributed by atoms with Crippen LogP contribution in [0.2, 0.25) is 0 Å². The number of pyridine rings is 1. The van der Waals surface area contributed by atoms with E-state index in [-0.39, 0.29) is 12.4 Å². The summed E-state index contributed by atoms with van der Waals surface area (Å²) in [5, 5.41) is 8.12. The van der Waals surface area contributed by atoms with Gasteiger partial charge in [0, 0.05) is 30.0 Å². The zero-order valence-electron chi connectivity index (χ0n) is 14.1. The Kier molecular flexibility index (Phi) is 6.16. The highest BCUT2D eigenvalue weighted by Crippen LogP contribution is 2.20. The fraction of sp³-hybridized carbons (Fsp3) is 0.529. The van der Waals surface area contributed by atoms with Gasteiger partial charge in [0.05, 0.1) is 5.69 Å². The van der Waals surface area contributed by atoms with Crippen molar-refractivity contribution in [1.82, 2.24) is 25.0 Å². The summed E-state index contributed by atoms with van der Waals surface area (Å²) >= 11 is 0. The fourth-order valence-corrected chi connectivity index (χ4v) is 3.23. The van der Waals surface area contributed by atoms with Crippen molar-refractivity contribution < 1.29 is 0 Å². The minimum atomic E-state index is 0. The molecule has 0 aliphatic carbocycles. The molecule has 6 heteroatoms. The number of rotatable bonds is 4. The number of piperidine rings is 1. The molecule has 23 heavy (non-hydrogen) atoms. The number of nitrogens with one attached hydrogen (secondary N) is 1. The van der Waals surface area contributed by atoms with Crippen LogP contribution < -0.4 is 5.32 Å². The fourth-order valence-electron chi connectivity index (χ4n) is 3.23. The van der Waals surface area contributed by atoms with Crippen molar-refractivity contribution in [1.29, 1.82) is 0 Å². The summed E-state index contributed by atoms with van der Waals surface area (Å²) < 4.78 is 1.96. The molecule has 3 rings (SSSR count). The molecule has 0 unspecified atom stereocenters. The third kappa shape index (κ3) is 3.91. The average molecular weight is 336 g/mol. The lowest BCUT2D eigenvalue weighted by Crippen LogP contribution is -2.40. The van der Waals surface area contributed by atoms with Gasteiger partial charge in [-0.25, -0.2) is 9.67 Å². The van der Waals surface area contributed by atoms with Crippen molar-refractivity contribution >= 4 is 12.4 Å².